The molecule has 0 aromatic heterocycles. The molecule has 0 unspecified atom stereocenters. The minimum atomic E-state index is -4.46. The lowest BCUT2D eigenvalue weighted by atomic mass is 10.1. The predicted molar refractivity (Wildman–Crippen MR) is 117 cm³/mol. The number of alkyl halides is 3. The van der Waals surface area contributed by atoms with E-state index >= 15 is 0 Å². The molecule has 0 atom stereocenters. The smallest absolute Gasteiger partial charge is 0.422 e. The first-order valence-corrected chi connectivity index (χ1v) is 11.7. The van der Waals surface area contributed by atoms with Crippen molar-refractivity contribution in [2.45, 2.75) is 25.4 Å². The molecule has 0 saturated carbocycles. The van der Waals surface area contributed by atoms with Crippen LogP contribution in [-0.4, -0.2) is 46.0 Å². The third kappa shape index (κ3) is 7.63. The summed E-state index contributed by atoms with van der Waals surface area (Å²) in [6.45, 7) is 0.517. The molecule has 2 aromatic rings. The van der Waals surface area contributed by atoms with E-state index in [2.05, 4.69) is 19.7 Å². The molecule has 1 fully saturated rings. The molecule has 1 aliphatic heterocycles. The van der Waals surface area contributed by atoms with E-state index in [-0.39, 0.29) is 11.4 Å². The average Bonchev–Trinajstić information content (AvgIpc) is 2.73. The summed E-state index contributed by atoms with van der Waals surface area (Å²) in [6, 6.07) is 12.1. The van der Waals surface area contributed by atoms with Gasteiger partial charge in [-0.15, -0.1) is 0 Å². The first-order chi connectivity index (χ1) is 15.1. The number of halogens is 3. The molecule has 0 bridgehead atoms. The van der Waals surface area contributed by atoms with Gasteiger partial charge in [-0.1, -0.05) is 0 Å². The van der Waals surface area contributed by atoms with Crippen molar-refractivity contribution in [3.05, 3.63) is 48.5 Å². The Hall–Kier alpha value is -2.95. The average molecular weight is 472 g/mol. The van der Waals surface area contributed by atoms with E-state index in [0.717, 1.165) is 31.6 Å². The van der Waals surface area contributed by atoms with Crippen LogP contribution in [-0.2, 0) is 14.8 Å². The summed E-state index contributed by atoms with van der Waals surface area (Å²) in [4.78, 5) is 14.3. The molecule has 174 valence electrons. The molecule has 1 amide bonds. The van der Waals surface area contributed by atoms with Crippen LogP contribution in [0.5, 0.6) is 5.75 Å². The minimum Gasteiger partial charge on any atom is -0.484 e. The summed E-state index contributed by atoms with van der Waals surface area (Å²) in [5.41, 5.74) is 1.60. The third-order valence-electron chi connectivity index (χ3n) is 4.72. The van der Waals surface area contributed by atoms with Crippen LogP contribution in [0.1, 0.15) is 19.3 Å². The maximum absolute atomic E-state index is 12.3. The molecule has 2 aromatic carbocycles. The van der Waals surface area contributed by atoms with Crippen molar-refractivity contribution in [1.29, 1.82) is 0 Å². The Morgan fingerprint density at radius 2 is 1.53 bits per heavy atom. The number of carbonyl (C=O) groups is 1. The van der Waals surface area contributed by atoms with E-state index in [0.29, 0.717) is 5.69 Å². The first-order valence-electron chi connectivity index (χ1n) is 10.0. The van der Waals surface area contributed by atoms with Crippen LogP contribution in [0.25, 0.3) is 0 Å². The molecule has 1 saturated heterocycles. The van der Waals surface area contributed by atoms with Crippen molar-refractivity contribution in [1.82, 2.24) is 0 Å². The maximum atomic E-state index is 12.3. The number of piperidine rings is 1. The highest BCUT2D eigenvalue weighted by Crippen LogP contribution is 2.23. The monoisotopic (exact) mass is 471 g/mol. The van der Waals surface area contributed by atoms with Gasteiger partial charge in [-0.25, -0.2) is 8.42 Å². The Kier molecular flexibility index (Phi) is 7.49. The SMILES string of the molecule is O=C(CS(=O)(=O)Nc1ccc(N2CCCCC2)cc1)Nc1ccc(OCC(F)(F)F)cc1. The quantitative estimate of drug-likeness (QED) is 0.608. The van der Waals surface area contributed by atoms with Gasteiger partial charge in [0.05, 0.1) is 0 Å². The summed E-state index contributed by atoms with van der Waals surface area (Å²) < 4.78 is 68.1. The van der Waals surface area contributed by atoms with Gasteiger partial charge in [0, 0.05) is 30.2 Å². The number of nitrogens with one attached hydrogen (secondary N) is 2. The number of anilines is 3. The molecule has 0 radical (unpaired) electrons. The second-order valence-electron chi connectivity index (χ2n) is 7.43. The highest BCUT2D eigenvalue weighted by Gasteiger charge is 2.28. The third-order valence-corrected chi connectivity index (χ3v) is 5.91. The van der Waals surface area contributed by atoms with Gasteiger partial charge in [0.2, 0.25) is 15.9 Å². The van der Waals surface area contributed by atoms with Gasteiger partial charge in [-0.05, 0) is 67.8 Å². The van der Waals surface area contributed by atoms with Gasteiger partial charge in [0.15, 0.2) is 6.61 Å². The van der Waals surface area contributed by atoms with Crippen LogP contribution in [0.2, 0.25) is 0 Å². The number of benzene rings is 2. The Morgan fingerprint density at radius 1 is 0.938 bits per heavy atom. The second kappa shape index (κ2) is 10.1. The maximum Gasteiger partial charge on any atom is 0.422 e. The zero-order valence-electron chi connectivity index (χ0n) is 17.2. The highest BCUT2D eigenvalue weighted by atomic mass is 32.2. The number of sulfonamides is 1. The molecule has 0 spiro atoms. The van der Waals surface area contributed by atoms with E-state index in [9.17, 15) is 26.4 Å². The first kappa shape index (κ1) is 23.7. The number of hydrogen-bond acceptors (Lipinski definition) is 5. The summed E-state index contributed by atoms with van der Waals surface area (Å²) in [5, 5.41) is 2.39. The minimum absolute atomic E-state index is 0.0254. The van der Waals surface area contributed by atoms with Gasteiger partial charge in [-0.3, -0.25) is 9.52 Å². The largest absolute Gasteiger partial charge is 0.484 e. The van der Waals surface area contributed by atoms with Crippen molar-refractivity contribution < 1.29 is 31.1 Å². The lowest BCUT2D eigenvalue weighted by molar-refractivity contribution is -0.153. The van der Waals surface area contributed by atoms with Crippen LogP contribution in [0, 0.1) is 0 Å². The van der Waals surface area contributed by atoms with Crippen molar-refractivity contribution in [3.8, 4) is 5.75 Å². The summed E-state index contributed by atoms with van der Waals surface area (Å²) in [7, 11) is -3.95. The fraction of sp³-hybridized carbons (Fsp3) is 0.381. The van der Waals surface area contributed by atoms with Crippen molar-refractivity contribution in [2.75, 3.05) is 40.4 Å². The van der Waals surface area contributed by atoms with Crippen LogP contribution >= 0.6 is 0 Å². The molecule has 11 heteroatoms. The Morgan fingerprint density at radius 3 is 2.12 bits per heavy atom. The standard InChI is InChI=1S/C21H24F3N3O4S/c22-21(23,24)15-31-19-10-6-16(7-11-19)25-20(28)14-32(29,30)26-17-4-8-18(9-5-17)27-12-2-1-3-13-27/h4-11,26H,1-3,12-15H2,(H,25,28). The molecule has 3 rings (SSSR count). The Labute approximate surface area is 184 Å². The van der Waals surface area contributed by atoms with E-state index in [4.69, 9.17) is 0 Å². The highest BCUT2D eigenvalue weighted by molar-refractivity contribution is 7.93. The van der Waals surface area contributed by atoms with Crippen LogP contribution in [0.15, 0.2) is 48.5 Å². The number of ether oxygens (including phenoxy) is 1. The van der Waals surface area contributed by atoms with Crippen molar-refractivity contribution >= 4 is 33.0 Å². The Balaban J connectivity index is 1.50. The van der Waals surface area contributed by atoms with Crippen LogP contribution in [0.3, 0.4) is 0 Å². The fourth-order valence-electron chi connectivity index (χ4n) is 3.28. The number of hydrogen-bond donors (Lipinski definition) is 2. The van der Waals surface area contributed by atoms with Crippen molar-refractivity contribution in [3.63, 3.8) is 0 Å². The van der Waals surface area contributed by atoms with E-state index in [1.54, 1.807) is 12.1 Å². The van der Waals surface area contributed by atoms with Gasteiger partial charge in [-0.2, -0.15) is 13.2 Å². The second-order valence-corrected chi connectivity index (χ2v) is 9.15. The summed E-state index contributed by atoms with van der Waals surface area (Å²) in [6.07, 6.45) is -0.978. The molecule has 2 N–H and O–H groups in total. The van der Waals surface area contributed by atoms with Gasteiger partial charge < -0.3 is 15.0 Å². The molecule has 1 aliphatic rings. The molecular formula is C21H24F3N3O4S. The predicted octanol–water partition coefficient (Wildman–Crippen LogP) is 4.00. The molecule has 7 nitrogen and oxygen atoms in total. The van der Waals surface area contributed by atoms with Gasteiger partial charge in [0.25, 0.3) is 0 Å². The Bertz CT molecular complexity index is 1000. The number of amides is 1. The lowest BCUT2D eigenvalue weighted by Gasteiger charge is -2.28. The van der Waals surface area contributed by atoms with Gasteiger partial charge >= 0.3 is 6.18 Å². The molecule has 0 aliphatic carbocycles. The van der Waals surface area contributed by atoms with Gasteiger partial charge in [0.1, 0.15) is 11.5 Å². The number of rotatable bonds is 8. The summed E-state index contributed by atoms with van der Waals surface area (Å²) in [5.74, 6) is -1.62. The van der Waals surface area contributed by atoms with E-state index in [1.165, 1.54) is 30.7 Å². The molecular weight excluding hydrogens is 447 g/mol. The number of nitrogens with zero attached hydrogens (tertiary/aromatic N) is 1. The normalized spacial score (nSPS) is 14.7. The fourth-order valence-corrected chi connectivity index (χ4v) is 4.26. The van der Waals surface area contributed by atoms with E-state index < -0.39 is 34.5 Å². The molecule has 32 heavy (non-hydrogen) atoms. The summed E-state index contributed by atoms with van der Waals surface area (Å²) >= 11 is 0. The zero-order chi connectivity index (χ0) is 23.2. The lowest BCUT2D eigenvalue weighted by Crippen LogP contribution is -2.29. The van der Waals surface area contributed by atoms with Crippen molar-refractivity contribution in [2.24, 2.45) is 0 Å². The zero-order valence-corrected chi connectivity index (χ0v) is 18.0. The van der Waals surface area contributed by atoms with Crippen LogP contribution < -0.4 is 19.7 Å². The van der Waals surface area contributed by atoms with Crippen LogP contribution in [0.4, 0.5) is 30.2 Å². The topological polar surface area (TPSA) is 87.7 Å². The number of carbonyl (C=O) groups excluding carboxylic acids is 1. The van der Waals surface area contributed by atoms with E-state index in [1.807, 2.05) is 12.1 Å². The molecule has 1 heterocycles.